The summed E-state index contributed by atoms with van der Waals surface area (Å²) >= 11 is 1.67. The smallest absolute Gasteiger partial charge is 0.146 e. The second-order valence-corrected chi connectivity index (χ2v) is 9.83. The lowest BCUT2D eigenvalue weighted by Gasteiger charge is -2.21. The van der Waals surface area contributed by atoms with Crippen molar-refractivity contribution in [3.63, 3.8) is 0 Å². The zero-order chi connectivity index (χ0) is 20.6. The summed E-state index contributed by atoms with van der Waals surface area (Å²) in [5.41, 5.74) is 2.34. The van der Waals surface area contributed by atoms with Crippen LogP contribution in [0.15, 0.2) is 36.4 Å². The molecule has 28 heavy (non-hydrogen) atoms. The largest absolute Gasteiger partial charge is 0.298 e. The van der Waals surface area contributed by atoms with Crippen molar-refractivity contribution in [2.45, 2.75) is 71.5 Å². The van der Waals surface area contributed by atoms with Gasteiger partial charge < -0.3 is 0 Å². The number of thioether (sulfide) groups is 1. The van der Waals surface area contributed by atoms with Gasteiger partial charge in [0.2, 0.25) is 0 Å². The molecule has 0 amide bonds. The molecule has 0 radical (unpaired) electrons. The molecule has 1 unspecified atom stereocenters. The van der Waals surface area contributed by atoms with Gasteiger partial charge in [0.25, 0.3) is 0 Å². The van der Waals surface area contributed by atoms with Gasteiger partial charge in [0, 0.05) is 18.4 Å². The average Bonchev–Trinajstić information content (AvgIpc) is 2.64. The maximum absolute atomic E-state index is 12.7. The van der Waals surface area contributed by atoms with Crippen LogP contribution in [0.4, 0.5) is 0 Å². The van der Waals surface area contributed by atoms with Gasteiger partial charge >= 0.3 is 0 Å². The molecule has 0 spiro atoms. The van der Waals surface area contributed by atoms with Crippen LogP contribution in [-0.2, 0) is 11.2 Å². The van der Waals surface area contributed by atoms with Crippen LogP contribution in [0.3, 0.4) is 0 Å². The van der Waals surface area contributed by atoms with E-state index < -0.39 is 0 Å². The maximum atomic E-state index is 12.7. The van der Waals surface area contributed by atoms with Crippen molar-refractivity contribution in [3.8, 4) is 11.8 Å². The van der Waals surface area contributed by atoms with Crippen LogP contribution >= 0.6 is 11.8 Å². The molecule has 2 rings (SSSR count). The normalized spacial score (nSPS) is 12.5. The summed E-state index contributed by atoms with van der Waals surface area (Å²) < 4.78 is 0. The van der Waals surface area contributed by atoms with E-state index in [1.54, 1.807) is 11.8 Å². The first-order valence-corrected chi connectivity index (χ1v) is 11.7. The van der Waals surface area contributed by atoms with Crippen molar-refractivity contribution < 1.29 is 4.79 Å². The molecule has 1 nitrogen and oxygen atoms in total. The van der Waals surface area contributed by atoms with Crippen LogP contribution in [-0.4, -0.2) is 17.3 Å². The van der Waals surface area contributed by atoms with Gasteiger partial charge in [-0.15, -0.1) is 0 Å². The third-order valence-electron chi connectivity index (χ3n) is 4.81. The molecule has 0 aliphatic heterocycles. The first-order chi connectivity index (χ1) is 13.3. The van der Waals surface area contributed by atoms with E-state index in [1.807, 2.05) is 6.26 Å². The number of benzene rings is 2. The standard InChI is InChI=1S/C26H34OS/c1-6-7-8-9-10-11-20-12-14-22-15-13-21(17-23(22)16-20)18-25(28-5)24(27)19-26(2,3)4/h12-17,25H,6-9,18-19H2,1-5H3. The number of carbonyl (C=O) groups excluding carboxylic acids is 1. The Kier molecular flexibility index (Phi) is 8.64. The Morgan fingerprint density at radius 3 is 2.50 bits per heavy atom. The van der Waals surface area contributed by atoms with Gasteiger partial charge in [0.1, 0.15) is 5.78 Å². The lowest BCUT2D eigenvalue weighted by Crippen LogP contribution is -2.24. The van der Waals surface area contributed by atoms with Crippen LogP contribution < -0.4 is 0 Å². The van der Waals surface area contributed by atoms with Crippen LogP contribution in [0, 0.1) is 17.3 Å². The number of hydrogen-bond acceptors (Lipinski definition) is 2. The maximum Gasteiger partial charge on any atom is 0.146 e. The Balaban J connectivity index is 2.14. The first-order valence-electron chi connectivity index (χ1n) is 10.4. The summed E-state index contributed by atoms with van der Waals surface area (Å²) in [6.45, 7) is 8.60. The molecule has 0 fully saturated rings. The van der Waals surface area contributed by atoms with Crippen LogP contribution in [0.5, 0.6) is 0 Å². The Morgan fingerprint density at radius 1 is 1.07 bits per heavy atom. The lowest BCUT2D eigenvalue weighted by molar-refractivity contribution is -0.120. The highest BCUT2D eigenvalue weighted by Crippen LogP contribution is 2.26. The fourth-order valence-corrected chi connectivity index (χ4v) is 4.01. The molecule has 2 aromatic rings. The fourth-order valence-electron chi connectivity index (χ4n) is 3.31. The number of ketones is 1. The van der Waals surface area contributed by atoms with E-state index in [9.17, 15) is 4.79 Å². The summed E-state index contributed by atoms with van der Waals surface area (Å²) in [6, 6.07) is 13.0. The second kappa shape index (κ2) is 10.7. The van der Waals surface area contributed by atoms with E-state index in [0.717, 1.165) is 18.4 Å². The van der Waals surface area contributed by atoms with E-state index in [2.05, 4.69) is 75.9 Å². The third kappa shape index (κ3) is 7.36. The summed E-state index contributed by atoms with van der Waals surface area (Å²) in [6.07, 6.45) is 8.09. The predicted molar refractivity (Wildman–Crippen MR) is 125 cm³/mol. The molecule has 0 aromatic heterocycles. The minimum Gasteiger partial charge on any atom is -0.298 e. The Bertz CT molecular complexity index is 848. The molecule has 0 saturated heterocycles. The molecule has 0 N–H and O–H groups in total. The minimum atomic E-state index is 0.0261. The highest BCUT2D eigenvalue weighted by Gasteiger charge is 2.23. The van der Waals surface area contributed by atoms with Crippen molar-refractivity contribution in [2.75, 3.05) is 6.26 Å². The molecule has 0 bridgehead atoms. The van der Waals surface area contributed by atoms with Crippen LogP contribution in [0.1, 0.15) is 70.9 Å². The van der Waals surface area contributed by atoms with E-state index in [-0.39, 0.29) is 10.7 Å². The van der Waals surface area contributed by atoms with Crippen molar-refractivity contribution >= 4 is 28.3 Å². The van der Waals surface area contributed by atoms with Crippen molar-refractivity contribution in [1.29, 1.82) is 0 Å². The number of carbonyl (C=O) groups is 1. The number of unbranched alkanes of at least 4 members (excludes halogenated alkanes) is 3. The lowest BCUT2D eigenvalue weighted by atomic mass is 9.88. The predicted octanol–water partition coefficient (Wildman–Crippen LogP) is 7.05. The molecular formula is C26H34OS. The topological polar surface area (TPSA) is 17.1 Å². The zero-order valence-electron chi connectivity index (χ0n) is 18.1. The Morgan fingerprint density at radius 2 is 1.82 bits per heavy atom. The summed E-state index contributed by atoms with van der Waals surface area (Å²) in [4.78, 5) is 12.7. The average molecular weight is 395 g/mol. The zero-order valence-corrected chi connectivity index (χ0v) is 18.9. The second-order valence-electron chi connectivity index (χ2n) is 8.79. The van der Waals surface area contributed by atoms with Crippen LogP contribution in [0.2, 0.25) is 0 Å². The molecule has 0 heterocycles. The van der Waals surface area contributed by atoms with Gasteiger partial charge in [0.05, 0.1) is 5.25 Å². The molecular weight excluding hydrogens is 360 g/mol. The monoisotopic (exact) mass is 394 g/mol. The van der Waals surface area contributed by atoms with Crippen molar-refractivity contribution in [3.05, 3.63) is 47.5 Å². The Hall–Kier alpha value is -1.72. The molecule has 0 saturated carbocycles. The highest BCUT2D eigenvalue weighted by molar-refractivity contribution is 7.99. The summed E-state index contributed by atoms with van der Waals surface area (Å²) in [7, 11) is 0. The number of rotatable bonds is 8. The summed E-state index contributed by atoms with van der Waals surface area (Å²) in [5.74, 6) is 6.95. The van der Waals surface area contributed by atoms with E-state index in [4.69, 9.17) is 0 Å². The number of hydrogen-bond donors (Lipinski definition) is 0. The first kappa shape index (κ1) is 22.6. The van der Waals surface area contributed by atoms with Crippen LogP contribution in [0.25, 0.3) is 10.8 Å². The SMILES string of the molecule is CCCCCC#Cc1ccc2ccc(CC(SC)C(=O)CC(C)(C)C)cc2c1. The van der Waals surface area contributed by atoms with Crippen molar-refractivity contribution in [1.82, 2.24) is 0 Å². The molecule has 2 aromatic carbocycles. The van der Waals surface area contributed by atoms with Gasteiger partial charge in [-0.2, -0.15) is 11.8 Å². The highest BCUT2D eigenvalue weighted by atomic mass is 32.2. The minimum absolute atomic E-state index is 0.0261. The molecule has 1 atom stereocenters. The summed E-state index contributed by atoms with van der Waals surface area (Å²) in [5, 5.41) is 2.46. The molecule has 0 aliphatic rings. The van der Waals surface area contributed by atoms with Gasteiger partial charge in [-0.3, -0.25) is 4.79 Å². The molecule has 0 aliphatic carbocycles. The van der Waals surface area contributed by atoms with Gasteiger partial charge in [-0.25, -0.2) is 0 Å². The van der Waals surface area contributed by atoms with Crippen molar-refractivity contribution in [2.24, 2.45) is 5.41 Å². The quantitative estimate of drug-likeness (QED) is 0.352. The number of fused-ring (bicyclic) bond motifs is 1. The number of Topliss-reactive ketones (excluding diaryl/α,β-unsaturated/α-hetero) is 1. The van der Waals surface area contributed by atoms with Gasteiger partial charge in [-0.1, -0.05) is 76.6 Å². The van der Waals surface area contributed by atoms with E-state index in [1.165, 1.54) is 35.6 Å². The fraction of sp³-hybridized carbons (Fsp3) is 0.500. The van der Waals surface area contributed by atoms with Gasteiger partial charge in [-0.05, 0) is 53.0 Å². The van der Waals surface area contributed by atoms with E-state index in [0.29, 0.717) is 12.2 Å². The van der Waals surface area contributed by atoms with E-state index >= 15 is 0 Å². The van der Waals surface area contributed by atoms with Gasteiger partial charge in [0.15, 0.2) is 0 Å². The molecule has 150 valence electrons. The Labute approximate surface area is 175 Å². The third-order valence-corrected chi connectivity index (χ3v) is 5.81. The molecule has 2 heteroatoms.